The summed E-state index contributed by atoms with van der Waals surface area (Å²) < 4.78 is 6.50. The van der Waals surface area contributed by atoms with Crippen molar-refractivity contribution in [1.82, 2.24) is 5.32 Å². The van der Waals surface area contributed by atoms with Crippen LogP contribution in [0.3, 0.4) is 0 Å². The predicted molar refractivity (Wildman–Crippen MR) is 93.4 cm³/mol. The maximum absolute atomic E-state index is 11.9. The van der Waals surface area contributed by atoms with Crippen LogP contribution >= 0.6 is 15.9 Å². The van der Waals surface area contributed by atoms with Crippen LogP contribution in [0.2, 0.25) is 0 Å². The summed E-state index contributed by atoms with van der Waals surface area (Å²) >= 11 is 3.38. The first kappa shape index (κ1) is 19.2. The van der Waals surface area contributed by atoms with Crippen LogP contribution in [0, 0.1) is 5.92 Å². The van der Waals surface area contributed by atoms with Gasteiger partial charge in [-0.2, -0.15) is 0 Å². The van der Waals surface area contributed by atoms with Crippen molar-refractivity contribution in [3.05, 3.63) is 34.3 Å². The van der Waals surface area contributed by atoms with E-state index < -0.39 is 17.9 Å². The third kappa shape index (κ3) is 6.44. The third-order valence-electron chi connectivity index (χ3n) is 3.08. The molecule has 1 rings (SSSR count). The standard InChI is InChI=1S/C17H22BrNO4/c1-4-9-23-14-7-6-13(18)10-12(14)5-8-15(20)19-16(11(2)3)17(21)22/h5-8,10-11,16H,4,9H2,1-3H3,(H,19,20)(H,21,22)/b8-5+/t16-/m1/s1. The Morgan fingerprint density at radius 2 is 2.09 bits per heavy atom. The fourth-order valence-electron chi connectivity index (χ4n) is 1.87. The molecule has 0 aliphatic carbocycles. The number of hydrogen-bond acceptors (Lipinski definition) is 3. The van der Waals surface area contributed by atoms with E-state index in [0.717, 1.165) is 16.5 Å². The summed E-state index contributed by atoms with van der Waals surface area (Å²) in [5.41, 5.74) is 0.749. The van der Waals surface area contributed by atoms with Gasteiger partial charge in [-0.05, 0) is 36.6 Å². The molecule has 0 spiro atoms. The normalized spacial score (nSPS) is 12.4. The van der Waals surface area contributed by atoms with E-state index >= 15 is 0 Å². The molecule has 0 radical (unpaired) electrons. The van der Waals surface area contributed by atoms with Gasteiger partial charge in [-0.1, -0.05) is 36.7 Å². The molecule has 1 aromatic rings. The van der Waals surface area contributed by atoms with Crippen molar-refractivity contribution < 1.29 is 19.4 Å². The molecule has 0 heterocycles. The van der Waals surface area contributed by atoms with E-state index in [9.17, 15) is 9.59 Å². The molecule has 0 aromatic heterocycles. The van der Waals surface area contributed by atoms with Crippen molar-refractivity contribution in [2.24, 2.45) is 5.92 Å². The molecule has 0 aliphatic rings. The highest BCUT2D eigenvalue weighted by atomic mass is 79.9. The Morgan fingerprint density at radius 1 is 1.39 bits per heavy atom. The van der Waals surface area contributed by atoms with Gasteiger partial charge in [0.1, 0.15) is 11.8 Å². The molecule has 0 aliphatic heterocycles. The highest BCUT2D eigenvalue weighted by molar-refractivity contribution is 9.10. The molecule has 23 heavy (non-hydrogen) atoms. The molecule has 1 amide bonds. The molecular formula is C17H22BrNO4. The first-order valence-electron chi connectivity index (χ1n) is 7.48. The lowest BCUT2D eigenvalue weighted by Gasteiger charge is -2.16. The second-order valence-corrected chi connectivity index (χ2v) is 6.35. The number of halogens is 1. The van der Waals surface area contributed by atoms with E-state index in [1.807, 2.05) is 25.1 Å². The zero-order chi connectivity index (χ0) is 17.4. The maximum Gasteiger partial charge on any atom is 0.326 e. The quantitative estimate of drug-likeness (QED) is 0.673. The smallest absolute Gasteiger partial charge is 0.326 e. The fourth-order valence-corrected chi connectivity index (χ4v) is 2.25. The fraction of sp³-hybridized carbons (Fsp3) is 0.412. The largest absolute Gasteiger partial charge is 0.493 e. The lowest BCUT2D eigenvalue weighted by molar-refractivity contribution is -0.142. The van der Waals surface area contributed by atoms with E-state index in [2.05, 4.69) is 21.2 Å². The summed E-state index contributed by atoms with van der Waals surface area (Å²) in [6.45, 7) is 6.09. The minimum Gasteiger partial charge on any atom is -0.493 e. The average molecular weight is 384 g/mol. The van der Waals surface area contributed by atoms with Crippen molar-refractivity contribution in [3.8, 4) is 5.75 Å². The minimum absolute atomic E-state index is 0.195. The Labute approximate surface area is 144 Å². The predicted octanol–water partition coefficient (Wildman–Crippen LogP) is 3.48. The lowest BCUT2D eigenvalue weighted by Crippen LogP contribution is -2.43. The van der Waals surface area contributed by atoms with Crippen molar-refractivity contribution in [2.75, 3.05) is 6.61 Å². The van der Waals surface area contributed by atoms with E-state index in [4.69, 9.17) is 9.84 Å². The number of rotatable bonds is 8. The van der Waals surface area contributed by atoms with Gasteiger partial charge >= 0.3 is 5.97 Å². The van der Waals surface area contributed by atoms with Crippen LogP contribution in [0.25, 0.3) is 6.08 Å². The van der Waals surface area contributed by atoms with Gasteiger partial charge in [0.05, 0.1) is 6.61 Å². The van der Waals surface area contributed by atoms with E-state index in [0.29, 0.717) is 12.4 Å². The molecule has 0 bridgehead atoms. The second kappa shape index (κ2) is 9.35. The number of carboxylic acid groups (broad SMARTS) is 1. The molecule has 0 saturated heterocycles. The monoisotopic (exact) mass is 383 g/mol. The SMILES string of the molecule is CCCOc1ccc(Br)cc1/C=C/C(=O)N[C@@H](C(=O)O)C(C)C. The third-order valence-corrected chi connectivity index (χ3v) is 3.57. The zero-order valence-corrected chi connectivity index (χ0v) is 15.1. The van der Waals surface area contributed by atoms with Crippen LogP contribution in [0.5, 0.6) is 5.75 Å². The van der Waals surface area contributed by atoms with Crippen LogP contribution in [0.1, 0.15) is 32.8 Å². The van der Waals surface area contributed by atoms with Crippen molar-refractivity contribution in [3.63, 3.8) is 0 Å². The first-order chi connectivity index (χ1) is 10.8. The van der Waals surface area contributed by atoms with Crippen molar-refractivity contribution >= 4 is 33.9 Å². The highest BCUT2D eigenvalue weighted by Crippen LogP contribution is 2.24. The van der Waals surface area contributed by atoms with E-state index in [1.54, 1.807) is 19.9 Å². The number of benzene rings is 1. The number of carbonyl (C=O) groups is 2. The summed E-state index contributed by atoms with van der Waals surface area (Å²) in [5.74, 6) is -1.01. The number of nitrogens with one attached hydrogen (secondary N) is 1. The van der Waals surface area contributed by atoms with Crippen LogP contribution in [0.4, 0.5) is 0 Å². The topological polar surface area (TPSA) is 75.6 Å². The number of carboxylic acids is 1. The van der Waals surface area contributed by atoms with Crippen molar-refractivity contribution in [2.45, 2.75) is 33.2 Å². The number of hydrogen-bond donors (Lipinski definition) is 2. The molecule has 5 nitrogen and oxygen atoms in total. The molecule has 6 heteroatoms. The van der Waals surface area contributed by atoms with E-state index in [-0.39, 0.29) is 5.92 Å². The molecule has 2 N–H and O–H groups in total. The van der Waals surface area contributed by atoms with Crippen LogP contribution in [0.15, 0.2) is 28.7 Å². The lowest BCUT2D eigenvalue weighted by atomic mass is 10.0. The van der Waals surface area contributed by atoms with Gasteiger partial charge in [-0.3, -0.25) is 4.79 Å². The molecular weight excluding hydrogens is 362 g/mol. The zero-order valence-electron chi connectivity index (χ0n) is 13.5. The Bertz CT molecular complexity index is 584. The molecule has 0 saturated carbocycles. The minimum atomic E-state index is -1.05. The van der Waals surface area contributed by atoms with Crippen LogP contribution in [-0.2, 0) is 9.59 Å². The Kier molecular flexibility index (Phi) is 7.81. The first-order valence-corrected chi connectivity index (χ1v) is 8.28. The molecule has 0 fully saturated rings. The Morgan fingerprint density at radius 3 is 2.65 bits per heavy atom. The average Bonchev–Trinajstić information content (AvgIpc) is 2.49. The molecule has 1 aromatic carbocycles. The van der Waals surface area contributed by atoms with Crippen LogP contribution < -0.4 is 10.1 Å². The molecule has 126 valence electrons. The van der Waals surface area contributed by atoms with E-state index in [1.165, 1.54) is 6.08 Å². The molecule has 0 unspecified atom stereocenters. The number of amides is 1. The van der Waals surface area contributed by atoms with Crippen molar-refractivity contribution in [1.29, 1.82) is 0 Å². The van der Waals surface area contributed by atoms with Gasteiger partial charge in [0, 0.05) is 16.1 Å². The number of ether oxygens (including phenoxy) is 1. The Hall–Kier alpha value is -1.82. The molecule has 1 atom stereocenters. The van der Waals surface area contributed by atoms with Gasteiger partial charge in [0.25, 0.3) is 0 Å². The summed E-state index contributed by atoms with van der Waals surface area (Å²) in [6.07, 6.45) is 3.82. The number of aliphatic carboxylic acids is 1. The summed E-state index contributed by atoms with van der Waals surface area (Å²) in [5, 5.41) is 11.6. The summed E-state index contributed by atoms with van der Waals surface area (Å²) in [4.78, 5) is 23.0. The maximum atomic E-state index is 11.9. The second-order valence-electron chi connectivity index (χ2n) is 5.43. The number of carbonyl (C=O) groups excluding carboxylic acids is 1. The highest BCUT2D eigenvalue weighted by Gasteiger charge is 2.22. The summed E-state index contributed by atoms with van der Waals surface area (Å²) in [6, 6.07) is 4.62. The van der Waals surface area contributed by atoms with Gasteiger partial charge in [-0.25, -0.2) is 4.79 Å². The Balaban J connectivity index is 2.85. The van der Waals surface area contributed by atoms with Gasteiger partial charge < -0.3 is 15.2 Å². The van der Waals surface area contributed by atoms with Crippen LogP contribution in [-0.4, -0.2) is 29.6 Å². The van der Waals surface area contributed by atoms with Gasteiger partial charge in [0.2, 0.25) is 5.91 Å². The van der Waals surface area contributed by atoms with Gasteiger partial charge in [-0.15, -0.1) is 0 Å². The van der Waals surface area contributed by atoms with Gasteiger partial charge in [0.15, 0.2) is 0 Å². The summed E-state index contributed by atoms with van der Waals surface area (Å²) in [7, 11) is 0.